The van der Waals surface area contributed by atoms with E-state index in [1.54, 1.807) is 0 Å². The molecular formula is C19H25N3O2. The molecule has 5 nitrogen and oxygen atoms in total. The highest BCUT2D eigenvalue weighted by atomic mass is 16.3. The molecule has 0 bridgehead atoms. The van der Waals surface area contributed by atoms with Gasteiger partial charge < -0.3 is 10.4 Å². The summed E-state index contributed by atoms with van der Waals surface area (Å²) in [5, 5.41) is 17.5. The molecule has 2 aromatic rings. The number of hydrogen-bond acceptors (Lipinski definition) is 3. The van der Waals surface area contributed by atoms with E-state index in [0.717, 1.165) is 17.0 Å². The van der Waals surface area contributed by atoms with Crippen LogP contribution in [0.4, 0.5) is 0 Å². The molecule has 5 heteroatoms. The van der Waals surface area contributed by atoms with Crippen LogP contribution in [-0.2, 0) is 24.7 Å². The molecule has 0 saturated carbocycles. The van der Waals surface area contributed by atoms with Gasteiger partial charge in [-0.25, -0.2) is 0 Å². The van der Waals surface area contributed by atoms with Gasteiger partial charge in [0.2, 0.25) is 5.91 Å². The number of hydrogen-bond donors (Lipinski definition) is 2. The number of aliphatic hydroxyl groups excluding tert-OH is 1. The summed E-state index contributed by atoms with van der Waals surface area (Å²) < 4.78 is 1.81. The number of amides is 1. The van der Waals surface area contributed by atoms with Gasteiger partial charge in [0, 0.05) is 18.3 Å². The molecule has 128 valence electrons. The number of benzene rings is 1. The van der Waals surface area contributed by atoms with Crippen LogP contribution in [0.15, 0.2) is 24.3 Å². The fraction of sp³-hybridized carbons (Fsp3) is 0.474. The van der Waals surface area contributed by atoms with Gasteiger partial charge in [-0.2, -0.15) is 5.10 Å². The molecule has 3 rings (SSSR count). The summed E-state index contributed by atoms with van der Waals surface area (Å²) >= 11 is 0. The van der Waals surface area contributed by atoms with Crippen molar-refractivity contribution in [2.75, 3.05) is 6.61 Å². The lowest BCUT2D eigenvalue weighted by molar-refractivity contribution is -0.124. The summed E-state index contributed by atoms with van der Waals surface area (Å²) in [7, 11) is 1.89. The minimum Gasteiger partial charge on any atom is -0.394 e. The molecule has 0 aliphatic heterocycles. The van der Waals surface area contributed by atoms with Crippen LogP contribution in [0, 0.1) is 13.8 Å². The average Bonchev–Trinajstić information content (AvgIpc) is 3.04. The van der Waals surface area contributed by atoms with Crippen molar-refractivity contribution in [3.8, 4) is 0 Å². The second-order valence-electron chi connectivity index (χ2n) is 6.98. The first-order valence-corrected chi connectivity index (χ1v) is 8.36. The van der Waals surface area contributed by atoms with Crippen molar-refractivity contribution in [2.24, 2.45) is 7.05 Å². The molecule has 1 amide bonds. The normalized spacial score (nSPS) is 16.7. The second-order valence-corrected chi connectivity index (χ2v) is 6.98. The lowest BCUT2D eigenvalue weighted by atomic mass is 9.93. The van der Waals surface area contributed by atoms with Gasteiger partial charge in [0.05, 0.1) is 23.8 Å². The standard InChI is InChI=1S/C19H25N3O2/c1-12(17-13(2)21-22(4)14(17)3)18(24)20-19(11-23)9-15-7-5-6-8-16(15)10-19/h5-8,12,23H,9-11H2,1-4H3,(H,20,24). The molecule has 1 aliphatic rings. The minimum atomic E-state index is -0.598. The Kier molecular flexibility index (Phi) is 4.22. The summed E-state index contributed by atoms with van der Waals surface area (Å²) in [5.74, 6) is -0.359. The molecule has 1 aromatic carbocycles. The lowest BCUT2D eigenvalue weighted by Crippen LogP contribution is -2.53. The van der Waals surface area contributed by atoms with Crippen molar-refractivity contribution in [1.29, 1.82) is 0 Å². The van der Waals surface area contributed by atoms with Crippen LogP contribution < -0.4 is 5.32 Å². The van der Waals surface area contributed by atoms with Crippen molar-refractivity contribution in [3.05, 3.63) is 52.3 Å². The molecule has 0 radical (unpaired) electrons. The van der Waals surface area contributed by atoms with E-state index < -0.39 is 5.54 Å². The first-order chi connectivity index (χ1) is 11.4. The molecule has 1 aromatic heterocycles. The molecule has 24 heavy (non-hydrogen) atoms. The van der Waals surface area contributed by atoms with Gasteiger partial charge in [0.1, 0.15) is 0 Å². The number of carbonyl (C=O) groups excluding carboxylic acids is 1. The summed E-state index contributed by atoms with van der Waals surface area (Å²) in [6.07, 6.45) is 1.34. The largest absolute Gasteiger partial charge is 0.394 e. The summed E-state index contributed by atoms with van der Waals surface area (Å²) in [4.78, 5) is 12.9. The quantitative estimate of drug-likeness (QED) is 0.900. The van der Waals surface area contributed by atoms with Crippen LogP contribution in [0.2, 0.25) is 0 Å². The fourth-order valence-corrected chi connectivity index (χ4v) is 3.85. The van der Waals surface area contributed by atoms with E-state index in [2.05, 4.69) is 22.5 Å². The first-order valence-electron chi connectivity index (χ1n) is 8.36. The Morgan fingerprint density at radius 1 is 1.33 bits per heavy atom. The van der Waals surface area contributed by atoms with E-state index in [4.69, 9.17) is 0 Å². The molecular weight excluding hydrogens is 302 g/mol. The zero-order chi connectivity index (χ0) is 17.5. The summed E-state index contributed by atoms with van der Waals surface area (Å²) in [6.45, 7) is 5.75. The zero-order valence-corrected chi connectivity index (χ0v) is 14.8. The van der Waals surface area contributed by atoms with Crippen LogP contribution >= 0.6 is 0 Å². The van der Waals surface area contributed by atoms with Crippen molar-refractivity contribution in [3.63, 3.8) is 0 Å². The van der Waals surface area contributed by atoms with Crippen molar-refractivity contribution in [1.82, 2.24) is 15.1 Å². The van der Waals surface area contributed by atoms with Gasteiger partial charge in [-0.05, 0) is 44.7 Å². The molecule has 0 fully saturated rings. The van der Waals surface area contributed by atoms with Crippen LogP contribution in [0.25, 0.3) is 0 Å². The van der Waals surface area contributed by atoms with E-state index in [1.165, 1.54) is 11.1 Å². The average molecular weight is 327 g/mol. The minimum absolute atomic E-state index is 0.0592. The van der Waals surface area contributed by atoms with Crippen LogP contribution in [0.5, 0.6) is 0 Å². The Bertz CT molecular complexity index is 754. The predicted molar refractivity (Wildman–Crippen MR) is 92.9 cm³/mol. The van der Waals surface area contributed by atoms with E-state index in [-0.39, 0.29) is 18.4 Å². The highest BCUT2D eigenvalue weighted by Gasteiger charge is 2.39. The van der Waals surface area contributed by atoms with Crippen molar-refractivity contribution < 1.29 is 9.90 Å². The first kappa shape index (κ1) is 16.7. The number of aliphatic hydroxyl groups is 1. The summed E-state index contributed by atoms with van der Waals surface area (Å²) in [6, 6.07) is 8.13. The van der Waals surface area contributed by atoms with Gasteiger partial charge in [-0.15, -0.1) is 0 Å². The van der Waals surface area contributed by atoms with E-state index in [1.807, 2.05) is 44.6 Å². The Hall–Kier alpha value is -2.14. The molecule has 1 aliphatic carbocycles. The SMILES string of the molecule is Cc1nn(C)c(C)c1C(C)C(=O)NC1(CO)Cc2ccccc2C1. The van der Waals surface area contributed by atoms with Gasteiger partial charge in [-0.1, -0.05) is 24.3 Å². The van der Waals surface area contributed by atoms with Gasteiger partial charge in [0.15, 0.2) is 0 Å². The number of aryl methyl sites for hydroxylation is 2. The number of nitrogens with zero attached hydrogens (tertiary/aromatic N) is 2. The van der Waals surface area contributed by atoms with Gasteiger partial charge in [0.25, 0.3) is 0 Å². The third-order valence-corrected chi connectivity index (χ3v) is 5.26. The maximum Gasteiger partial charge on any atom is 0.227 e. The maximum absolute atomic E-state index is 12.9. The molecule has 1 atom stereocenters. The van der Waals surface area contributed by atoms with Crippen molar-refractivity contribution >= 4 is 5.91 Å². The molecule has 0 spiro atoms. The number of rotatable bonds is 4. The lowest BCUT2D eigenvalue weighted by Gasteiger charge is -2.29. The maximum atomic E-state index is 12.9. The Labute approximate surface area is 142 Å². The van der Waals surface area contributed by atoms with E-state index in [0.29, 0.717) is 12.8 Å². The highest BCUT2D eigenvalue weighted by molar-refractivity contribution is 5.84. The number of carbonyl (C=O) groups is 1. The third-order valence-electron chi connectivity index (χ3n) is 5.26. The second kappa shape index (κ2) is 6.06. The summed E-state index contributed by atoms with van der Waals surface area (Å²) in [5.41, 5.74) is 4.66. The monoisotopic (exact) mass is 327 g/mol. The Balaban J connectivity index is 1.81. The Morgan fingerprint density at radius 2 is 1.92 bits per heavy atom. The smallest absolute Gasteiger partial charge is 0.227 e. The van der Waals surface area contributed by atoms with Crippen molar-refractivity contribution in [2.45, 2.75) is 45.1 Å². The van der Waals surface area contributed by atoms with Crippen LogP contribution in [-0.4, -0.2) is 32.9 Å². The van der Waals surface area contributed by atoms with Gasteiger partial charge >= 0.3 is 0 Å². The molecule has 1 unspecified atom stereocenters. The molecule has 2 N–H and O–H groups in total. The number of aromatic nitrogens is 2. The number of fused-ring (bicyclic) bond motifs is 1. The van der Waals surface area contributed by atoms with E-state index >= 15 is 0 Å². The van der Waals surface area contributed by atoms with Gasteiger partial charge in [-0.3, -0.25) is 9.48 Å². The molecule has 0 saturated heterocycles. The fourth-order valence-electron chi connectivity index (χ4n) is 3.85. The number of nitrogens with one attached hydrogen (secondary N) is 1. The molecule has 1 heterocycles. The predicted octanol–water partition coefficient (Wildman–Crippen LogP) is 1.79. The van der Waals surface area contributed by atoms with E-state index in [9.17, 15) is 9.90 Å². The van der Waals surface area contributed by atoms with Crippen LogP contribution in [0.3, 0.4) is 0 Å². The Morgan fingerprint density at radius 3 is 2.38 bits per heavy atom. The zero-order valence-electron chi connectivity index (χ0n) is 14.8. The highest BCUT2D eigenvalue weighted by Crippen LogP contribution is 2.31. The third kappa shape index (κ3) is 2.73. The van der Waals surface area contributed by atoms with Crippen LogP contribution in [0.1, 0.15) is 40.9 Å². The topological polar surface area (TPSA) is 67.2 Å².